The Morgan fingerprint density at radius 2 is 0.634 bits per heavy atom. The van der Waals surface area contributed by atoms with Crippen molar-refractivity contribution in [3.8, 4) is 0 Å². The van der Waals surface area contributed by atoms with Crippen LogP contribution in [-0.4, -0.2) is 204 Å². The van der Waals surface area contributed by atoms with Crippen molar-refractivity contribution in [2.24, 2.45) is 0 Å². The summed E-state index contributed by atoms with van der Waals surface area (Å²) in [6.07, 6.45) is 17.2. The number of phosphoric ester groups is 1. The summed E-state index contributed by atoms with van der Waals surface area (Å²) in [5, 5.41) is 110. The smallest absolute Gasteiger partial charge is 0.463 e. The van der Waals surface area contributed by atoms with Gasteiger partial charge in [-0.3, -0.25) is 23.4 Å². The Morgan fingerprint density at radius 3 is 0.970 bits per heavy atom. The molecule has 3 aliphatic rings. The van der Waals surface area contributed by atoms with Crippen LogP contribution in [0.2, 0.25) is 0 Å². The molecule has 0 amide bonds. The molecule has 2 aliphatic heterocycles. The molecule has 3 rings (SSSR count). The van der Waals surface area contributed by atoms with E-state index < -0.39 is 156 Å². The number of carbonyl (C=O) groups is 3. The van der Waals surface area contributed by atoms with Crippen molar-refractivity contribution in [1.29, 1.82) is 0 Å². The van der Waals surface area contributed by atoms with Crippen LogP contribution in [0.25, 0.3) is 0 Å². The number of aliphatic hydroxyl groups is 10. The molecule has 1 aliphatic carbocycles. The molecule has 0 spiro atoms. The quantitative estimate of drug-likeness (QED) is 0.0117. The number of unbranched alkanes of at least 4 members (excludes halogenated alkanes) is 43. The minimum atomic E-state index is -5.69. The first-order valence-corrected chi connectivity index (χ1v) is 41.8. The Bertz CT molecular complexity index is 2080. The summed E-state index contributed by atoms with van der Waals surface area (Å²) in [4.78, 5) is 51.1. The average molecular weight is 1470 g/mol. The molecule has 101 heavy (non-hydrogen) atoms. The van der Waals surface area contributed by atoms with Crippen LogP contribution in [0, 0.1) is 0 Å². The average Bonchev–Trinajstić information content (AvgIpc) is 0.761. The predicted octanol–water partition coefficient (Wildman–Crippen LogP) is 12.1. The minimum Gasteiger partial charge on any atom is -0.463 e. The van der Waals surface area contributed by atoms with Crippen LogP contribution in [0.4, 0.5) is 0 Å². The van der Waals surface area contributed by atoms with Gasteiger partial charge in [-0.15, -0.1) is 0 Å². The van der Waals surface area contributed by atoms with Crippen LogP contribution in [0.1, 0.15) is 335 Å². The Kier molecular flexibility index (Phi) is 53.5. The van der Waals surface area contributed by atoms with Crippen molar-refractivity contribution in [2.45, 2.75) is 440 Å². The largest absolute Gasteiger partial charge is 0.472 e. The highest BCUT2D eigenvalue weighted by molar-refractivity contribution is 7.47. The van der Waals surface area contributed by atoms with E-state index >= 15 is 0 Å². The fraction of sp³-hybridized carbons (Fsp3) is 0.961. The number of ether oxygens (including phenoxy) is 7. The van der Waals surface area contributed by atoms with Gasteiger partial charge in [0.2, 0.25) is 0 Å². The topological polar surface area (TPSA) is 374 Å². The number of hydrogen-bond donors (Lipinski definition) is 11. The molecule has 0 aromatic rings. The summed E-state index contributed by atoms with van der Waals surface area (Å²) in [5.41, 5.74) is 0. The van der Waals surface area contributed by atoms with Gasteiger partial charge in [-0.2, -0.15) is 0 Å². The molecule has 11 N–H and O–H groups in total. The molecule has 18 atom stereocenters. The molecule has 596 valence electrons. The summed E-state index contributed by atoms with van der Waals surface area (Å²) in [6, 6.07) is 0. The number of phosphoric acid groups is 1. The van der Waals surface area contributed by atoms with E-state index in [-0.39, 0.29) is 19.3 Å². The number of rotatable bonds is 64. The van der Waals surface area contributed by atoms with E-state index in [9.17, 15) is 74.9 Å². The van der Waals surface area contributed by atoms with Crippen molar-refractivity contribution in [3.05, 3.63) is 0 Å². The van der Waals surface area contributed by atoms with E-state index in [0.717, 1.165) is 89.9 Å². The predicted molar refractivity (Wildman–Crippen MR) is 384 cm³/mol. The van der Waals surface area contributed by atoms with Crippen molar-refractivity contribution in [3.63, 3.8) is 0 Å². The normalized spacial score (nSPS) is 27.1. The minimum absolute atomic E-state index is 0.0324. The maximum absolute atomic E-state index is 14.4. The van der Waals surface area contributed by atoms with E-state index in [1.54, 1.807) is 0 Å². The van der Waals surface area contributed by atoms with Gasteiger partial charge < -0.3 is 89.1 Å². The summed E-state index contributed by atoms with van der Waals surface area (Å²) >= 11 is 0. The zero-order valence-electron chi connectivity index (χ0n) is 62.5. The second-order valence-electron chi connectivity index (χ2n) is 29.2. The molecular formula is C76H143O24P. The van der Waals surface area contributed by atoms with Gasteiger partial charge in [-0.25, -0.2) is 4.57 Å². The maximum Gasteiger partial charge on any atom is 0.472 e. The molecule has 18 unspecified atom stereocenters. The van der Waals surface area contributed by atoms with Gasteiger partial charge in [-0.1, -0.05) is 297 Å². The molecule has 0 bridgehead atoms. The molecule has 3 fully saturated rings. The highest BCUT2D eigenvalue weighted by atomic mass is 31.2. The SMILES string of the molecule is CCCCCCCCCCCCCCCCCCCC(=O)OCC(COP(=O)(O)OC1C(OC2OC(CO)C(O)C(O)C2O)C(O)C(O)C(O)C1OC1OC(COC(=O)CCCCCCCCCCCCCC)C(O)C(O)C1O)OC(=O)CCCCCCCCCCCCCCCCCCC. The van der Waals surface area contributed by atoms with Crippen LogP contribution >= 0.6 is 7.82 Å². The molecule has 0 radical (unpaired) electrons. The van der Waals surface area contributed by atoms with Crippen molar-refractivity contribution in [1.82, 2.24) is 0 Å². The van der Waals surface area contributed by atoms with Crippen molar-refractivity contribution < 1.29 is 117 Å². The van der Waals surface area contributed by atoms with Crippen LogP contribution in [0.5, 0.6) is 0 Å². The summed E-state index contributed by atoms with van der Waals surface area (Å²) in [6.45, 7) is 3.50. The molecule has 1 saturated carbocycles. The van der Waals surface area contributed by atoms with Gasteiger partial charge in [-0.05, 0) is 19.3 Å². The highest BCUT2D eigenvalue weighted by Crippen LogP contribution is 2.49. The second-order valence-corrected chi connectivity index (χ2v) is 30.6. The van der Waals surface area contributed by atoms with Crippen LogP contribution in [0.3, 0.4) is 0 Å². The summed E-state index contributed by atoms with van der Waals surface area (Å²) in [5.74, 6) is -1.97. The Labute approximate surface area is 606 Å². The number of aliphatic hydroxyl groups excluding tert-OH is 10. The first kappa shape index (κ1) is 93.2. The van der Waals surface area contributed by atoms with Gasteiger partial charge in [0, 0.05) is 19.3 Å². The second kappa shape index (κ2) is 58.0. The van der Waals surface area contributed by atoms with E-state index in [1.165, 1.54) is 186 Å². The first-order valence-electron chi connectivity index (χ1n) is 40.3. The lowest BCUT2D eigenvalue weighted by Crippen LogP contribution is -2.69. The van der Waals surface area contributed by atoms with Gasteiger partial charge in [0.15, 0.2) is 18.7 Å². The number of carbonyl (C=O) groups excluding carboxylic acids is 3. The Balaban J connectivity index is 1.70. The Morgan fingerprint density at radius 1 is 0.347 bits per heavy atom. The molecule has 2 saturated heterocycles. The highest BCUT2D eigenvalue weighted by Gasteiger charge is 2.58. The van der Waals surface area contributed by atoms with Crippen molar-refractivity contribution >= 4 is 25.7 Å². The summed E-state index contributed by atoms with van der Waals surface area (Å²) < 4.78 is 65.2. The lowest BCUT2D eigenvalue weighted by atomic mass is 9.84. The van der Waals surface area contributed by atoms with E-state index in [1.807, 2.05) is 0 Å². The fourth-order valence-electron chi connectivity index (χ4n) is 13.6. The lowest BCUT2D eigenvalue weighted by Gasteiger charge is -2.49. The zero-order valence-corrected chi connectivity index (χ0v) is 63.4. The van der Waals surface area contributed by atoms with E-state index in [2.05, 4.69) is 20.8 Å². The van der Waals surface area contributed by atoms with Gasteiger partial charge >= 0.3 is 25.7 Å². The molecule has 0 aromatic carbocycles. The van der Waals surface area contributed by atoms with Crippen LogP contribution in [-0.2, 0) is 61.2 Å². The molecule has 0 aromatic heterocycles. The third-order valence-electron chi connectivity index (χ3n) is 20.1. The van der Waals surface area contributed by atoms with E-state index in [4.69, 9.17) is 42.2 Å². The van der Waals surface area contributed by atoms with E-state index in [0.29, 0.717) is 19.3 Å². The molecule has 2 heterocycles. The van der Waals surface area contributed by atoms with Gasteiger partial charge in [0.25, 0.3) is 0 Å². The summed E-state index contributed by atoms with van der Waals surface area (Å²) in [7, 11) is -5.69. The molecule has 24 nitrogen and oxygen atoms in total. The monoisotopic (exact) mass is 1470 g/mol. The maximum atomic E-state index is 14.4. The van der Waals surface area contributed by atoms with Gasteiger partial charge in [0.1, 0.15) is 98.7 Å². The Hall–Kier alpha value is -2.04. The molecular weight excluding hydrogens is 1330 g/mol. The third kappa shape index (κ3) is 40.7. The standard InChI is InChI=1S/C76H143O24P/c1-4-7-10-13-16-19-22-25-27-29-31-33-36-39-41-44-47-50-60(78)92-54-57(95-62(80)52-49-46-43-40-37-34-32-30-28-26-23-20-17-14-11-8-5-2)55-94-101(90,91)100-74-72(98-75-70(88)65(83)63(81)58(53-77)96-75)68(86)67(85)69(87)73(74)99-76-71(89)66(84)64(82)59(97-76)56-93-61(79)51-48-45-42-38-35-24-21-18-15-12-9-6-3/h57-59,63-77,81-89H,4-56H2,1-3H3,(H,90,91). The third-order valence-corrected chi connectivity index (χ3v) is 21.1. The van der Waals surface area contributed by atoms with Crippen molar-refractivity contribution in [2.75, 3.05) is 26.4 Å². The lowest BCUT2D eigenvalue weighted by molar-refractivity contribution is -0.360. The number of hydrogen-bond acceptors (Lipinski definition) is 23. The molecule has 25 heteroatoms. The van der Waals surface area contributed by atoms with Crippen LogP contribution < -0.4 is 0 Å². The number of esters is 3. The zero-order chi connectivity index (χ0) is 73.9. The van der Waals surface area contributed by atoms with Crippen LogP contribution in [0.15, 0.2) is 0 Å². The fourth-order valence-corrected chi connectivity index (χ4v) is 14.5. The first-order chi connectivity index (χ1) is 48.8. The van der Waals surface area contributed by atoms with Gasteiger partial charge in [0.05, 0.1) is 13.2 Å².